The topological polar surface area (TPSA) is 125 Å². The Morgan fingerprint density at radius 2 is 2.03 bits per heavy atom. The highest BCUT2D eigenvalue weighted by Crippen LogP contribution is 2.34. The number of benzene rings is 1. The third-order valence-corrected chi connectivity index (χ3v) is 6.81. The number of nitrogens with one attached hydrogen (secondary N) is 1. The zero-order valence-corrected chi connectivity index (χ0v) is 20.0. The zero-order valence-electron chi connectivity index (χ0n) is 20.0. The summed E-state index contributed by atoms with van der Waals surface area (Å²) in [5.74, 6) is -0.573. The second kappa shape index (κ2) is 10.6. The molecule has 3 heterocycles. The average molecular weight is 495 g/mol. The van der Waals surface area contributed by atoms with E-state index in [9.17, 15) is 9.90 Å². The number of hydrogen-bond acceptors (Lipinski definition) is 8. The van der Waals surface area contributed by atoms with Gasteiger partial charge in [-0.25, -0.2) is 14.6 Å². The van der Waals surface area contributed by atoms with Gasteiger partial charge >= 0.3 is 0 Å². The van der Waals surface area contributed by atoms with E-state index in [1.54, 1.807) is 10.9 Å². The summed E-state index contributed by atoms with van der Waals surface area (Å²) in [4.78, 5) is 23.4. The Kier molecular flexibility index (Phi) is 7.10. The number of aliphatic hydroxyl groups excluding tert-OH is 1. The number of rotatable bonds is 10. The van der Waals surface area contributed by atoms with Gasteiger partial charge in [-0.1, -0.05) is 12.1 Å². The first-order chi connectivity index (χ1) is 17.5. The smallest absolute Gasteiger partial charge is 0.231 e. The Hall–Kier alpha value is -3.57. The van der Waals surface area contributed by atoms with Crippen molar-refractivity contribution in [2.45, 2.75) is 38.0 Å². The summed E-state index contributed by atoms with van der Waals surface area (Å²) in [5, 5.41) is 17.8. The predicted octanol–water partition coefficient (Wildman–Crippen LogP) is 1.55. The van der Waals surface area contributed by atoms with Gasteiger partial charge in [-0.2, -0.15) is 9.49 Å². The highest BCUT2D eigenvalue weighted by Gasteiger charge is 2.33. The van der Waals surface area contributed by atoms with Crippen LogP contribution in [0.25, 0.3) is 5.69 Å². The minimum absolute atomic E-state index is 0.0835. The summed E-state index contributed by atoms with van der Waals surface area (Å²) in [6.45, 7) is 2.05. The van der Waals surface area contributed by atoms with Crippen LogP contribution in [-0.4, -0.2) is 74.0 Å². The number of nitrogens with zero attached hydrogens (tertiary/aromatic N) is 6. The molecule has 2 aromatic heterocycles. The van der Waals surface area contributed by atoms with E-state index < -0.39 is 17.8 Å². The minimum atomic E-state index is -0.636. The minimum Gasteiger partial charge on any atom is -0.391 e. The number of β-amino-alcohol motifs (C(OH)–C–C–N with tert-alkyl or cyclic N) is 1. The van der Waals surface area contributed by atoms with Crippen LogP contribution in [0, 0.1) is 11.7 Å². The highest BCUT2D eigenvalue weighted by molar-refractivity contribution is 5.75. The molecule has 190 valence electrons. The molecule has 2 fully saturated rings. The maximum atomic E-state index is 15.6. The van der Waals surface area contributed by atoms with Gasteiger partial charge in [0, 0.05) is 44.0 Å². The van der Waals surface area contributed by atoms with Crippen LogP contribution >= 0.6 is 0 Å². The second-order valence-electron chi connectivity index (χ2n) is 9.53. The van der Waals surface area contributed by atoms with Gasteiger partial charge in [0.1, 0.15) is 6.33 Å². The fraction of sp³-hybridized carbons (Fsp3) is 0.440. The van der Waals surface area contributed by atoms with Crippen molar-refractivity contribution in [2.24, 2.45) is 11.7 Å². The van der Waals surface area contributed by atoms with E-state index in [0.717, 1.165) is 24.1 Å². The predicted molar refractivity (Wildman–Crippen MR) is 133 cm³/mol. The molecule has 1 amide bonds. The number of carbonyl (C=O) groups excluding carboxylic acids is 1. The monoisotopic (exact) mass is 494 g/mol. The number of aliphatic hydroxyl groups is 1. The van der Waals surface area contributed by atoms with Crippen LogP contribution in [0.4, 0.5) is 16.0 Å². The maximum absolute atomic E-state index is 15.6. The van der Waals surface area contributed by atoms with Crippen molar-refractivity contribution in [1.29, 1.82) is 0 Å². The molecule has 1 saturated heterocycles. The molecule has 0 radical (unpaired) electrons. The van der Waals surface area contributed by atoms with Crippen LogP contribution in [-0.2, 0) is 11.3 Å². The SMILES string of the molecule is NC(=O)CN1CCC(CNc2ncnc(N(Cc3ccc(-n4cccn4)cc3)C3CC3)c2F)[C@@H](O)C1. The van der Waals surface area contributed by atoms with Crippen molar-refractivity contribution in [3.63, 3.8) is 0 Å². The number of amides is 1. The van der Waals surface area contributed by atoms with Crippen LogP contribution in [0.5, 0.6) is 0 Å². The molecule has 5 rings (SSSR count). The Morgan fingerprint density at radius 3 is 2.69 bits per heavy atom. The quantitative estimate of drug-likeness (QED) is 0.388. The largest absolute Gasteiger partial charge is 0.391 e. The molecule has 0 spiro atoms. The van der Waals surface area contributed by atoms with Crippen molar-refractivity contribution in [3.05, 3.63) is 60.4 Å². The molecular formula is C25H31FN8O2. The van der Waals surface area contributed by atoms with E-state index >= 15 is 4.39 Å². The average Bonchev–Trinajstić information content (AvgIpc) is 3.56. The van der Waals surface area contributed by atoms with Crippen LogP contribution in [0.2, 0.25) is 0 Å². The van der Waals surface area contributed by atoms with Crippen LogP contribution in [0.3, 0.4) is 0 Å². The number of likely N-dealkylation sites (tertiary alicyclic amines) is 1. The highest BCUT2D eigenvalue weighted by atomic mass is 19.1. The second-order valence-corrected chi connectivity index (χ2v) is 9.53. The Morgan fingerprint density at radius 1 is 1.22 bits per heavy atom. The molecule has 3 aromatic rings. The number of aromatic nitrogens is 4. The number of hydrogen-bond donors (Lipinski definition) is 3. The first-order valence-corrected chi connectivity index (χ1v) is 12.3. The number of piperidine rings is 1. The van der Waals surface area contributed by atoms with Gasteiger partial charge in [0.2, 0.25) is 11.7 Å². The van der Waals surface area contributed by atoms with Gasteiger partial charge in [-0.05, 0) is 49.6 Å². The van der Waals surface area contributed by atoms with Gasteiger partial charge in [0.15, 0.2) is 11.6 Å². The Balaban J connectivity index is 1.24. The molecule has 4 N–H and O–H groups in total. The third kappa shape index (κ3) is 5.63. The molecule has 0 bridgehead atoms. The molecule has 1 unspecified atom stereocenters. The van der Waals surface area contributed by atoms with Gasteiger partial charge in [-0.3, -0.25) is 9.69 Å². The molecular weight excluding hydrogens is 463 g/mol. The van der Waals surface area contributed by atoms with Crippen LogP contribution in [0.15, 0.2) is 49.1 Å². The molecule has 1 saturated carbocycles. The fourth-order valence-electron chi connectivity index (χ4n) is 4.70. The lowest BCUT2D eigenvalue weighted by atomic mass is 9.93. The molecule has 1 aliphatic heterocycles. The van der Waals surface area contributed by atoms with Crippen molar-refractivity contribution < 1.29 is 14.3 Å². The van der Waals surface area contributed by atoms with Crippen LogP contribution < -0.4 is 16.0 Å². The van der Waals surface area contributed by atoms with Gasteiger partial charge in [0.05, 0.1) is 18.3 Å². The summed E-state index contributed by atoms with van der Waals surface area (Å²) in [6.07, 6.45) is 7.02. The zero-order chi connectivity index (χ0) is 25.1. The lowest BCUT2D eigenvalue weighted by Crippen LogP contribution is -2.48. The lowest BCUT2D eigenvalue weighted by molar-refractivity contribution is -0.120. The van der Waals surface area contributed by atoms with Crippen molar-refractivity contribution in [3.8, 4) is 5.69 Å². The van der Waals surface area contributed by atoms with E-state index in [4.69, 9.17) is 5.73 Å². The fourth-order valence-corrected chi connectivity index (χ4v) is 4.70. The van der Waals surface area contributed by atoms with E-state index in [-0.39, 0.29) is 30.1 Å². The lowest BCUT2D eigenvalue weighted by Gasteiger charge is -2.35. The number of anilines is 2. The van der Waals surface area contributed by atoms with Gasteiger partial charge < -0.3 is 21.1 Å². The molecule has 1 aromatic carbocycles. The van der Waals surface area contributed by atoms with Gasteiger partial charge in [-0.15, -0.1) is 0 Å². The van der Waals surface area contributed by atoms with E-state index in [0.29, 0.717) is 32.6 Å². The van der Waals surface area contributed by atoms with E-state index in [1.165, 1.54) is 6.33 Å². The standard InChI is InChI=1S/C25H31FN8O2/c26-23-24(28-12-18-8-11-32(14-21(18)35)15-22(27)36)29-16-30-25(23)33(19-6-7-19)13-17-2-4-20(5-3-17)34-10-1-9-31-34/h1-5,9-10,16,18-19,21,35H,6-8,11-15H2,(H2,27,36)(H,28,29,30)/t18?,21-/m0/s1. The Bertz CT molecular complexity index is 1170. The molecule has 36 heavy (non-hydrogen) atoms. The van der Waals surface area contributed by atoms with Crippen molar-refractivity contribution in [1.82, 2.24) is 24.6 Å². The molecule has 11 heteroatoms. The summed E-state index contributed by atoms with van der Waals surface area (Å²) in [5.41, 5.74) is 7.27. The van der Waals surface area contributed by atoms with Crippen LogP contribution in [0.1, 0.15) is 24.8 Å². The summed E-state index contributed by atoms with van der Waals surface area (Å²) < 4.78 is 17.4. The molecule has 2 aliphatic rings. The van der Waals surface area contributed by atoms with Crippen molar-refractivity contribution in [2.75, 3.05) is 36.4 Å². The molecule has 2 atom stereocenters. The number of carbonyl (C=O) groups is 1. The van der Waals surface area contributed by atoms with E-state index in [2.05, 4.69) is 20.4 Å². The van der Waals surface area contributed by atoms with Gasteiger partial charge in [0.25, 0.3) is 0 Å². The first kappa shape index (κ1) is 24.1. The summed E-state index contributed by atoms with van der Waals surface area (Å²) in [6, 6.07) is 10.2. The maximum Gasteiger partial charge on any atom is 0.231 e. The first-order valence-electron chi connectivity index (χ1n) is 12.3. The normalized spacial score (nSPS) is 20.3. The molecule has 10 nitrogen and oxygen atoms in total. The number of nitrogens with two attached hydrogens (primary N) is 1. The van der Waals surface area contributed by atoms with Crippen molar-refractivity contribution >= 4 is 17.5 Å². The van der Waals surface area contributed by atoms with E-state index in [1.807, 2.05) is 46.3 Å². The molecule has 1 aliphatic carbocycles. The summed E-state index contributed by atoms with van der Waals surface area (Å²) in [7, 11) is 0. The number of primary amides is 1. The Labute approximate surface area is 208 Å². The third-order valence-electron chi connectivity index (χ3n) is 6.81. The number of halogens is 1. The summed E-state index contributed by atoms with van der Waals surface area (Å²) >= 11 is 0.